The molecule has 0 spiro atoms. The van der Waals surface area contributed by atoms with Gasteiger partial charge in [-0.3, -0.25) is 4.79 Å². The molecule has 0 fully saturated rings. The van der Waals surface area contributed by atoms with E-state index in [1.54, 1.807) is 32.0 Å². The summed E-state index contributed by atoms with van der Waals surface area (Å²) in [4.78, 5) is 22.1. The highest BCUT2D eigenvalue weighted by Gasteiger charge is 2.06. The van der Waals surface area contributed by atoms with Gasteiger partial charge in [-0.2, -0.15) is 0 Å². The maximum absolute atomic E-state index is 11.1. The number of aryl methyl sites for hydroxylation is 1. The van der Waals surface area contributed by atoms with Gasteiger partial charge in [0.15, 0.2) is 0 Å². The van der Waals surface area contributed by atoms with Crippen LogP contribution in [0.15, 0.2) is 30.4 Å². The van der Waals surface area contributed by atoms with Crippen LogP contribution in [0.1, 0.15) is 22.8 Å². The first-order valence-corrected chi connectivity index (χ1v) is 6.05. The number of benzene rings is 1. The van der Waals surface area contributed by atoms with Gasteiger partial charge in [-0.05, 0) is 49.2 Å². The molecule has 1 aromatic rings. The number of hydrogen-bond donors (Lipinski definition) is 0. The molecule has 4 nitrogen and oxygen atoms in total. The topological polar surface area (TPSA) is 52.6 Å². The van der Waals surface area contributed by atoms with Gasteiger partial charge in [0.25, 0.3) is 5.24 Å². The van der Waals surface area contributed by atoms with Gasteiger partial charge in [-0.1, -0.05) is 6.58 Å². The van der Waals surface area contributed by atoms with Crippen molar-refractivity contribution in [2.75, 3.05) is 13.2 Å². The summed E-state index contributed by atoms with van der Waals surface area (Å²) < 4.78 is 10.3. The molecule has 0 saturated heterocycles. The van der Waals surface area contributed by atoms with E-state index in [-0.39, 0.29) is 13.2 Å². The van der Waals surface area contributed by atoms with Gasteiger partial charge >= 0.3 is 5.97 Å². The van der Waals surface area contributed by atoms with Gasteiger partial charge in [0.2, 0.25) is 0 Å². The predicted octanol–water partition coefficient (Wildman–Crippen LogP) is 2.87. The third-order valence-electron chi connectivity index (χ3n) is 2.32. The Bertz CT molecular complexity index is 508. The van der Waals surface area contributed by atoms with Gasteiger partial charge in [0.05, 0.1) is 0 Å². The first kappa shape index (κ1) is 15.2. The van der Waals surface area contributed by atoms with E-state index in [1.807, 2.05) is 0 Å². The summed E-state index contributed by atoms with van der Waals surface area (Å²) in [5.74, 6) is 0.177. The van der Waals surface area contributed by atoms with E-state index in [9.17, 15) is 9.59 Å². The summed E-state index contributed by atoms with van der Waals surface area (Å²) in [6, 6.07) is 4.88. The van der Waals surface area contributed by atoms with E-state index < -0.39 is 11.2 Å². The van der Waals surface area contributed by atoms with Crippen molar-refractivity contribution in [1.29, 1.82) is 0 Å². The Hall–Kier alpha value is -1.81. The Balaban J connectivity index is 2.48. The minimum Gasteiger partial charge on any atom is -0.490 e. The van der Waals surface area contributed by atoms with Crippen molar-refractivity contribution < 1.29 is 19.1 Å². The molecule has 0 bridgehead atoms. The minimum atomic E-state index is -0.509. The van der Waals surface area contributed by atoms with Crippen LogP contribution in [-0.4, -0.2) is 24.4 Å². The Kier molecular flexibility index (Phi) is 5.57. The van der Waals surface area contributed by atoms with Gasteiger partial charge < -0.3 is 9.47 Å². The number of hydrogen-bond acceptors (Lipinski definition) is 4. The van der Waals surface area contributed by atoms with Crippen LogP contribution in [0.4, 0.5) is 0 Å². The molecule has 0 amide bonds. The minimum absolute atomic E-state index is 0.140. The monoisotopic (exact) mass is 282 g/mol. The Morgan fingerprint density at radius 2 is 2.00 bits per heavy atom. The second-order valence-corrected chi connectivity index (χ2v) is 4.36. The number of halogens is 1. The molecule has 19 heavy (non-hydrogen) atoms. The molecule has 0 atom stereocenters. The molecule has 0 N–H and O–H groups in total. The average Bonchev–Trinajstić information content (AvgIpc) is 2.35. The quantitative estimate of drug-likeness (QED) is 0.348. The van der Waals surface area contributed by atoms with Crippen LogP contribution >= 0.6 is 11.6 Å². The fourth-order valence-electron chi connectivity index (χ4n) is 1.34. The SMILES string of the molecule is C=C(C)C(=O)OCCOc1ccc(C(=O)Cl)cc1C. The van der Waals surface area contributed by atoms with E-state index in [4.69, 9.17) is 21.1 Å². The summed E-state index contributed by atoms with van der Waals surface area (Å²) in [5, 5.41) is -0.509. The van der Waals surface area contributed by atoms with Crippen molar-refractivity contribution in [3.63, 3.8) is 0 Å². The van der Waals surface area contributed by atoms with E-state index in [0.717, 1.165) is 5.56 Å². The number of ether oxygens (including phenoxy) is 2. The van der Waals surface area contributed by atoms with Crippen molar-refractivity contribution in [3.05, 3.63) is 41.5 Å². The highest BCUT2D eigenvalue weighted by atomic mass is 35.5. The lowest BCUT2D eigenvalue weighted by Gasteiger charge is -2.10. The molecule has 0 aliphatic rings. The second-order valence-electron chi connectivity index (χ2n) is 4.02. The van der Waals surface area contributed by atoms with Gasteiger partial charge in [0, 0.05) is 11.1 Å². The largest absolute Gasteiger partial charge is 0.490 e. The Morgan fingerprint density at radius 3 is 2.53 bits per heavy atom. The van der Waals surface area contributed by atoms with Crippen molar-refractivity contribution in [1.82, 2.24) is 0 Å². The van der Waals surface area contributed by atoms with Crippen molar-refractivity contribution in [2.24, 2.45) is 0 Å². The zero-order chi connectivity index (χ0) is 14.4. The number of rotatable bonds is 6. The maximum Gasteiger partial charge on any atom is 0.333 e. The van der Waals surface area contributed by atoms with Crippen LogP contribution in [0.5, 0.6) is 5.75 Å². The lowest BCUT2D eigenvalue weighted by molar-refractivity contribution is -0.139. The van der Waals surface area contributed by atoms with Crippen LogP contribution in [-0.2, 0) is 9.53 Å². The predicted molar refractivity (Wildman–Crippen MR) is 72.6 cm³/mol. The zero-order valence-electron chi connectivity index (χ0n) is 10.9. The molecule has 0 aliphatic carbocycles. The van der Waals surface area contributed by atoms with E-state index >= 15 is 0 Å². The van der Waals surface area contributed by atoms with Crippen LogP contribution in [0.2, 0.25) is 0 Å². The molecular weight excluding hydrogens is 268 g/mol. The summed E-state index contributed by atoms with van der Waals surface area (Å²) in [6.07, 6.45) is 0. The van der Waals surface area contributed by atoms with Crippen LogP contribution in [0.25, 0.3) is 0 Å². The summed E-state index contributed by atoms with van der Waals surface area (Å²) in [7, 11) is 0. The maximum atomic E-state index is 11.1. The molecule has 0 saturated carbocycles. The third-order valence-corrected chi connectivity index (χ3v) is 2.54. The molecule has 5 heteroatoms. The van der Waals surface area contributed by atoms with E-state index in [1.165, 1.54) is 0 Å². The normalized spacial score (nSPS) is 9.84. The number of carbonyl (C=O) groups is 2. The molecule has 0 radical (unpaired) electrons. The summed E-state index contributed by atoms with van der Waals surface area (Å²) in [5.41, 5.74) is 1.55. The Morgan fingerprint density at radius 1 is 1.32 bits per heavy atom. The molecular formula is C14H15ClO4. The smallest absolute Gasteiger partial charge is 0.333 e. The standard InChI is InChI=1S/C14H15ClO4/c1-9(2)14(17)19-7-6-18-12-5-4-11(13(15)16)8-10(12)3/h4-5,8H,1,6-7H2,2-3H3. The van der Waals surface area contributed by atoms with Gasteiger partial charge in [-0.15, -0.1) is 0 Å². The molecule has 1 aromatic carbocycles. The molecule has 102 valence electrons. The Labute approximate surface area is 117 Å². The molecule has 0 unspecified atom stereocenters. The van der Waals surface area contributed by atoms with Gasteiger partial charge in [0.1, 0.15) is 19.0 Å². The van der Waals surface area contributed by atoms with Crippen LogP contribution in [0.3, 0.4) is 0 Å². The van der Waals surface area contributed by atoms with Crippen molar-refractivity contribution in [3.8, 4) is 5.75 Å². The zero-order valence-corrected chi connectivity index (χ0v) is 11.6. The summed E-state index contributed by atoms with van der Waals surface area (Å²) >= 11 is 5.37. The lowest BCUT2D eigenvalue weighted by atomic mass is 10.1. The number of carbonyl (C=O) groups excluding carboxylic acids is 2. The fourth-order valence-corrected chi connectivity index (χ4v) is 1.46. The highest BCUT2D eigenvalue weighted by molar-refractivity contribution is 6.67. The van der Waals surface area contributed by atoms with Crippen molar-refractivity contribution in [2.45, 2.75) is 13.8 Å². The molecule has 0 aromatic heterocycles. The van der Waals surface area contributed by atoms with Crippen molar-refractivity contribution >= 4 is 22.8 Å². The lowest BCUT2D eigenvalue weighted by Crippen LogP contribution is -2.12. The molecule has 1 rings (SSSR count). The molecule has 0 heterocycles. The first-order valence-electron chi connectivity index (χ1n) is 5.67. The summed E-state index contributed by atoms with van der Waals surface area (Å²) in [6.45, 7) is 7.23. The van der Waals surface area contributed by atoms with E-state index in [2.05, 4.69) is 6.58 Å². The first-order chi connectivity index (χ1) is 8.91. The average molecular weight is 283 g/mol. The molecule has 0 aliphatic heterocycles. The van der Waals surface area contributed by atoms with Crippen LogP contribution < -0.4 is 4.74 Å². The van der Waals surface area contributed by atoms with E-state index in [0.29, 0.717) is 16.9 Å². The third kappa shape index (κ3) is 4.75. The second kappa shape index (κ2) is 6.95. The fraction of sp³-hybridized carbons (Fsp3) is 0.286. The number of esters is 1. The van der Waals surface area contributed by atoms with Gasteiger partial charge in [-0.25, -0.2) is 4.79 Å². The van der Waals surface area contributed by atoms with Crippen LogP contribution in [0, 0.1) is 6.92 Å². The highest BCUT2D eigenvalue weighted by Crippen LogP contribution is 2.20.